The molecule has 0 aliphatic carbocycles. The van der Waals surface area contributed by atoms with Crippen molar-refractivity contribution < 1.29 is 0 Å². The number of hydrogen-bond donors (Lipinski definition) is 1. The molecule has 1 atom stereocenters. The highest BCUT2D eigenvalue weighted by molar-refractivity contribution is 7.99. The first-order chi connectivity index (χ1) is 10.1. The lowest BCUT2D eigenvalue weighted by molar-refractivity contribution is 0.574. The number of benzene rings is 1. The van der Waals surface area contributed by atoms with Gasteiger partial charge in [-0.25, -0.2) is 0 Å². The van der Waals surface area contributed by atoms with Crippen molar-refractivity contribution in [2.45, 2.75) is 38.4 Å². The Kier molecular flexibility index (Phi) is 5.82. The number of thioether (sulfide) groups is 1. The Morgan fingerprint density at radius 1 is 1.33 bits per heavy atom. The maximum Gasteiger partial charge on any atom is 0.190 e. The topological polar surface area (TPSA) is 42.7 Å². The van der Waals surface area contributed by atoms with Gasteiger partial charge in [-0.3, -0.25) is 0 Å². The van der Waals surface area contributed by atoms with Crippen LogP contribution in [0.5, 0.6) is 0 Å². The van der Waals surface area contributed by atoms with E-state index in [0.29, 0.717) is 6.04 Å². The van der Waals surface area contributed by atoms with E-state index in [1.807, 2.05) is 11.6 Å². The average Bonchev–Trinajstić information content (AvgIpc) is 2.85. The summed E-state index contributed by atoms with van der Waals surface area (Å²) in [5, 5.41) is 12.7. The normalized spacial score (nSPS) is 12.6. The average molecular weight is 304 g/mol. The highest BCUT2D eigenvalue weighted by atomic mass is 32.2. The van der Waals surface area contributed by atoms with Crippen molar-refractivity contribution >= 4 is 11.8 Å². The van der Waals surface area contributed by atoms with E-state index < -0.39 is 0 Å². The zero-order valence-electron chi connectivity index (χ0n) is 13.3. The Morgan fingerprint density at radius 2 is 2.14 bits per heavy atom. The number of aryl methyl sites for hydroxylation is 3. The molecule has 1 unspecified atom stereocenters. The lowest BCUT2D eigenvalue weighted by Crippen LogP contribution is -2.25. The van der Waals surface area contributed by atoms with Gasteiger partial charge in [-0.15, -0.1) is 10.2 Å². The Morgan fingerprint density at radius 3 is 2.76 bits per heavy atom. The summed E-state index contributed by atoms with van der Waals surface area (Å²) in [4.78, 5) is 0. The quantitative estimate of drug-likeness (QED) is 0.797. The van der Waals surface area contributed by atoms with E-state index in [1.165, 1.54) is 16.7 Å². The first-order valence-electron chi connectivity index (χ1n) is 7.39. The first kappa shape index (κ1) is 16.0. The van der Waals surface area contributed by atoms with Crippen LogP contribution in [0.1, 0.15) is 36.1 Å². The second-order valence-corrected chi connectivity index (χ2v) is 6.39. The minimum atomic E-state index is 0.340. The molecular formula is C16H24N4S. The third kappa shape index (κ3) is 4.32. The fourth-order valence-corrected chi connectivity index (χ4v) is 3.32. The van der Waals surface area contributed by atoms with E-state index in [0.717, 1.165) is 23.9 Å². The molecule has 0 spiro atoms. The van der Waals surface area contributed by atoms with E-state index in [-0.39, 0.29) is 0 Å². The van der Waals surface area contributed by atoms with Gasteiger partial charge in [0.15, 0.2) is 5.16 Å². The summed E-state index contributed by atoms with van der Waals surface area (Å²) in [5.41, 5.74) is 4.04. The van der Waals surface area contributed by atoms with Gasteiger partial charge >= 0.3 is 0 Å². The van der Waals surface area contributed by atoms with E-state index in [1.54, 1.807) is 18.1 Å². The van der Waals surface area contributed by atoms with Crippen LogP contribution in [0, 0.1) is 13.8 Å². The third-order valence-electron chi connectivity index (χ3n) is 3.49. The molecule has 2 aromatic rings. The molecule has 0 amide bonds. The predicted molar refractivity (Wildman–Crippen MR) is 88.7 cm³/mol. The van der Waals surface area contributed by atoms with Crippen molar-refractivity contribution in [2.24, 2.45) is 7.05 Å². The molecule has 2 rings (SSSR count). The molecule has 114 valence electrons. The maximum absolute atomic E-state index is 4.15. The van der Waals surface area contributed by atoms with Crippen LogP contribution in [-0.2, 0) is 7.05 Å². The van der Waals surface area contributed by atoms with E-state index in [2.05, 4.69) is 54.5 Å². The summed E-state index contributed by atoms with van der Waals surface area (Å²) in [5.74, 6) is 0.955. The third-order valence-corrected chi connectivity index (χ3v) is 4.62. The van der Waals surface area contributed by atoms with Gasteiger partial charge in [0.05, 0.1) is 0 Å². The van der Waals surface area contributed by atoms with Crippen molar-refractivity contribution in [1.82, 2.24) is 20.1 Å². The molecule has 0 radical (unpaired) electrons. The summed E-state index contributed by atoms with van der Waals surface area (Å²) < 4.78 is 1.96. The zero-order chi connectivity index (χ0) is 15.2. The van der Waals surface area contributed by atoms with E-state index in [4.69, 9.17) is 0 Å². The van der Waals surface area contributed by atoms with Gasteiger partial charge in [0, 0.05) is 18.8 Å². The van der Waals surface area contributed by atoms with Crippen LogP contribution in [0.4, 0.5) is 0 Å². The first-order valence-corrected chi connectivity index (χ1v) is 8.37. The molecule has 0 aliphatic rings. The van der Waals surface area contributed by atoms with Gasteiger partial charge in [-0.2, -0.15) is 0 Å². The van der Waals surface area contributed by atoms with Gasteiger partial charge in [0.2, 0.25) is 0 Å². The number of rotatable bonds is 7. The molecule has 0 fully saturated rings. The summed E-state index contributed by atoms with van der Waals surface area (Å²) in [6.07, 6.45) is 2.88. The van der Waals surface area contributed by atoms with Gasteiger partial charge in [0.1, 0.15) is 6.33 Å². The summed E-state index contributed by atoms with van der Waals surface area (Å²) in [7, 11) is 1.98. The van der Waals surface area contributed by atoms with Crippen LogP contribution in [0.15, 0.2) is 29.7 Å². The van der Waals surface area contributed by atoms with Crippen LogP contribution < -0.4 is 5.32 Å². The van der Waals surface area contributed by atoms with Gasteiger partial charge in [-0.05, 0) is 37.9 Å². The van der Waals surface area contributed by atoms with Crippen LogP contribution in [0.2, 0.25) is 0 Å². The molecule has 0 saturated carbocycles. The molecule has 1 heterocycles. The minimum Gasteiger partial charge on any atom is -0.312 e. The number of nitrogens with zero attached hydrogens (tertiary/aromatic N) is 3. The van der Waals surface area contributed by atoms with Crippen molar-refractivity contribution in [2.75, 3.05) is 12.3 Å². The number of aromatic nitrogens is 3. The molecule has 1 aromatic carbocycles. The zero-order valence-corrected chi connectivity index (χ0v) is 14.1. The molecule has 0 saturated heterocycles. The lowest BCUT2D eigenvalue weighted by Gasteiger charge is -2.20. The van der Waals surface area contributed by atoms with Crippen LogP contribution >= 0.6 is 11.8 Å². The highest BCUT2D eigenvalue weighted by Gasteiger charge is 2.15. The van der Waals surface area contributed by atoms with Gasteiger partial charge in [0.25, 0.3) is 0 Å². The van der Waals surface area contributed by atoms with Crippen molar-refractivity contribution in [3.8, 4) is 0 Å². The number of hydrogen-bond acceptors (Lipinski definition) is 4. The van der Waals surface area contributed by atoms with Crippen molar-refractivity contribution in [1.29, 1.82) is 0 Å². The lowest BCUT2D eigenvalue weighted by atomic mass is 10.00. The fraction of sp³-hybridized carbons (Fsp3) is 0.500. The van der Waals surface area contributed by atoms with Crippen molar-refractivity contribution in [3.63, 3.8) is 0 Å². The SMILES string of the molecule is CCCNC(CSc1nncn1C)c1ccc(C)cc1C. The largest absolute Gasteiger partial charge is 0.312 e. The Hall–Kier alpha value is -1.33. The highest BCUT2D eigenvalue weighted by Crippen LogP contribution is 2.25. The molecule has 1 N–H and O–H groups in total. The molecule has 21 heavy (non-hydrogen) atoms. The predicted octanol–water partition coefficient (Wildman–Crippen LogP) is 3.26. The standard InChI is InChI=1S/C16H24N4S/c1-5-8-17-15(10-21-16-19-18-11-20(16)4)14-7-6-12(2)9-13(14)3/h6-7,9,11,15,17H,5,8,10H2,1-4H3. The Balaban J connectivity index is 2.12. The van der Waals surface area contributed by atoms with Gasteiger partial charge in [-0.1, -0.05) is 42.4 Å². The molecule has 4 nitrogen and oxygen atoms in total. The van der Waals surface area contributed by atoms with Crippen LogP contribution in [0.3, 0.4) is 0 Å². The molecule has 5 heteroatoms. The van der Waals surface area contributed by atoms with E-state index >= 15 is 0 Å². The molecule has 0 bridgehead atoms. The van der Waals surface area contributed by atoms with Gasteiger partial charge < -0.3 is 9.88 Å². The summed E-state index contributed by atoms with van der Waals surface area (Å²) >= 11 is 1.75. The maximum atomic E-state index is 4.15. The van der Waals surface area contributed by atoms with Crippen LogP contribution in [0.25, 0.3) is 0 Å². The molecule has 0 aliphatic heterocycles. The minimum absolute atomic E-state index is 0.340. The van der Waals surface area contributed by atoms with Crippen LogP contribution in [-0.4, -0.2) is 27.1 Å². The Bertz CT molecular complexity index is 579. The second-order valence-electron chi connectivity index (χ2n) is 5.40. The fourth-order valence-electron chi connectivity index (χ4n) is 2.35. The molecular weight excluding hydrogens is 280 g/mol. The summed E-state index contributed by atoms with van der Waals surface area (Å²) in [6, 6.07) is 7.03. The Labute approximate surface area is 131 Å². The monoisotopic (exact) mass is 304 g/mol. The van der Waals surface area contributed by atoms with Crippen molar-refractivity contribution in [3.05, 3.63) is 41.2 Å². The summed E-state index contributed by atoms with van der Waals surface area (Å²) in [6.45, 7) is 7.55. The van der Waals surface area contributed by atoms with E-state index in [9.17, 15) is 0 Å². The smallest absolute Gasteiger partial charge is 0.190 e. The molecule has 1 aromatic heterocycles. The number of nitrogens with one attached hydrogen (secondary N) is 1. The second kappa shape index (κ2) is 7.61.